The number of nitrogens with two attached hydrogens (primary N) is 1. The predicted octanol–water partition coefficient (Wildman–Crippen LogP) is 0.901. The van der Waals surface area contributed by atoms with Gasteiger partial charge < -0.3 is 10.8 Å². The van der Waals surface area contributed by atoms with Gasteiger partial charge in [-0.15, -0.1) is 11.3 Å². The van der Waals surface area contributed by atoms with Crippen molar-refractivity contribution in [1.82, 2.24) is 9.88 Å². The normalized spacial score (nSPS) is 30.0. The molecule has 1 amide bonds. The Balaban J connectivity index is 1.85. The zero-order chi connectivity index (χ0) is 15.1. The van der Waals surface area contributed by atoms with E-state index in [0.29, 0.717) is 5.75 Å². The first kappa shape index (κ1) is 14.3. The second-order valence-electron chi connectivity index (χ2n) is 4.86. The molecule has 0 aromatic carbocycles. The fourth-order valence-corrected chi connectivity index (χ4v) is 5.59. The third-order valence-electron chi connectivity index (χ3n) is 3.62. The molecule has 1 aromatic heterocycles. The number of hydrogen-bond acceptors (Lipinski definition) is 5. The van der Waals surface area contributed by atoms with E-state index in [4.69, 9.17) is 10.8 Å². The fraction of sp³-hybridized carbons (Fsp3) is 0.308. The van der Waals surface area contributed by atoms with Crippen LogP contribution in [-0.4, -0.2) is 44.0 Å². The predicted molar refractivity (Wildman–Crippen MR) is 84.1 cm³/mol. The van der Waals surface area contributed by atoms with Crippen LogP contribution in [0.25, 0.3) is 6.08 Å². The molecule has 2 aliphatic rings. The average Bonchev–Trinajstić information content (AvgIpc) is 2.88. The minimum absolute atomic E-state index is 0.0628. The van der Waals surface area contributed by atoms with Gasteiger partial charge in [0.05, 0.1) is 21.5 Å². The number of aromatic nitrogens is 1. The number of carbonyl (C=O) groups excluding carboxylic acids is 1. The van der Waals surface area contributed by atoms with E-state index in [2.05, 4.69) is 10.4 Å². The van der Waals surface area contributed by atoms with Crippen LogP contribution in [0.5, 0.6) is 0 Å². The summed E-state index contributed by atoms with van der Waals surface area (Å²) in [6.45, 7) is 1.94. The van der Waals surface area contributed by atoms with Crippen LogP contribution in [-0.2, 0) is 9.59 Å². The lowest BCUT2D eigenvalue weighted by Gasteiger charge is -2.51. The van der Waals surface area contributed by atoms with Gasteiger partial charge >= 0.3 is 5.97 Å². The molecule has 0 spiro atoms. The lowest BCUT2D eigenvalue weighted by atomic mass is 10.1. The largest absolute Gasteiger partial charge is 0.477 e. The smallest absolute Gasteiger partial charge is 0.352 e. The Morgan fingerprint density at radius 2 is 2.43 bits per heavy atom. The van der Waals surface area contributed by atoms with Crippen LogP contribution in [0.1, 0.15) is 10.6 Å². The molecule has 0 radical (unpaired) electrons. The number of thiol groups is 1. The van der Waals surface area contributed by atoms with Gasteiger partial charge in [-0.05, 0) is 24.5 Å². The first-order chi connectivity index (χ1) is 10.0. The van der Waals surface area contributed by atoms with Crippen LogP contribution >= 0.6 is 22.2 Å². The van der Waals surface area contributed by atoms with Crippen LogP contribution < -0.4 is 5.73 Å². The van der Waals surface area contributed by atoms with Gasteiger partial charge in [-0.2, -0.15) is 0 Å². The number of fused-ring (bicyclic) bond motifs is 1. The molecule has 3 unspecified atom stereocenters. The molecule has 112 valence electrons. The molecule has 1 aromatic rings. The Kier molecular flexibility index (Phi) is 3.60. The van der Waals surface area contributed by atoms with Gasteiger partial charge in [-0.1, -0.05) is 0 Å². The molecule has 3 heterocycles. The van der Waals surface area contributed by atoms with Crippen LogP contribution in [0.2, 0.25) is 0 Å². The third-order valence-corrected chi connectivity index (χ3v) is 6.89. The van der Waals surface area contributed by atoms with Gasteiger partial charge in [0, 0.05) is 5.75 Å². The van der Waals surface area contributed by atoms with Crippen LogP contribution in [0.15, 0.2) is 22.7 Å². The molecule has 6 nitrogen and oxygen atoms in total. The topological polar surface area (TPSA) is 96.5 Å². The summed E-state index contributed by atoms with van der Waals surface area (Å²) >= 11 is 1.56. The number of thiazole rings is 1. The molecule has 21 heavy (non-hydrogen) atoms. The summed E-state index contributed by atoms with van der Waals surface area (Å²) < 4.78 is 0. The van der Waals surface area contributed by atoms with E-state index >= 15 is 0 Å². The molecule has 0 aliphatic carbocycles. The van der Waals surface area contributed by atoms with Crippen molar-refractivity contribution >= 4 is 40.2 Å². The van der Waals surface area contributed by atoms with E-state index in [1.54, 1.807) is 22.9 Å². The standard InChI is InChI=1S/C13H15N3O3S2/c1-7-9(20-6-15-7)3-5-21-4-2-8(13(18)19)16-11(17)10(14)12(16)21/h2-3,5-6,10,12,21H,4,14H2,1H3,(H,18,19)/b5-3-. The lowest BCUT2D eigenvalue weighted by Crippen LogP contribution is -2.69. The maximum atomic E-state index is 11.8. The zero-order valence-electron chi connectivity index (χ0n) is 11.3. The van der Waals surface area contributed by atoms with Crippen molar-refractivity contribution in [3.8, 4) is 0 Å². The fourth-order valence-electron chi connectivity index (χ4n) is 2.48. The number of rotatable bonds is 3. The van der Waals surface area contributed by atoms with Crippen LogP contribution in [0.3, 0.4) is 0 Å². The summed E-state index contributed by atoms with van der Waals surface area (Å²) in [5.41, 5.74) is 8.69. The van der Waals surface area contributed by atoms with Crippen molar-refractivity contribution < 1.29 is 14.7 Å². The van der Waals surface area contributed by atoms with E-state index in [1.165, 1.54) is 4.90 Å². The van der Waals surface area contributed by atoms with Gasteiger partial charge in [0.25, 0.3) is 0 Å². The molecule has 2 aliphatic heterocycles. The first-order valence-corrected chi connectivity index (χ1v) is 8.91. The van der Waals surface area contributed by atoms with E-state index in [1.807, 2.05) is 13.0 Å². The number of carboxylic acid groups (broad SMARTS) is 1. The molecule has 0 bridgehead atoms. The lowest BCUT2D eigenvalue weighted by molar-refractivity contribution is -0.147. The number of amides is 1. The summed E-state index contributed by atoms with van der Waals surface area (Å²) in [5, 5.41) is 11.0. The molecule has 1 saturated heterocycles. The second kappa shape index (κ2) is 5.28. The second-order valence-corrected chi connectivity index (χ2v) is 7.96. The van der Waals surface area contributed by atoms with E-state index in [-0.39, 0.29) is 17.0 Å². The van der Waals surface area contributed by atoms with E-state index in [0.717, 1.165) is 10.6 Å². The highest BCUT2D eigenvalue weighted by molar-refractivity contribution is 8.20. The zero-order valence-corrected chi connectivity index (χ0v) is 13.0. The summed E-state index contributed by atoms with van der Waals surface area (Å²) in [7, 11) is -0.681. The van der Waals surface area contributed by atoms with Crippen molar-refractivity contribution in [2.24, 2.45) is 5.73 Å². The van der Waals surface area contributed by atoms with Crippen molar-refractivity contribution in [1.29, 1.82) is 0 Å². The summed E-state index contributed by atoms with van der Waals surface area (Å²) in [4.78, 5) is 29.6. The molecule has 0 saturated carbocycles. The monoisotopic (exact) mass is 325 g/mol. The van der Waals surface area contributed by atoms with Crippen molar-refractivity contribution in [3.05, 3.63) is 33.3 Å². The molecule has 8 heteroatoms. The molecule has 1 fully saturated rings. The minimum Gasteiger partial charge on any atom is -0.477 e. The summed E-state index contributed by atoms with van der Waals surface area (Å²) in [6.07, 6.45) is 3.63. The molecule has 3 N–H and O–H groups in total. The first-order valence-electron chi connectivity index (χ1n) is 6.37. The van der Waals surface area contributed by atoms with Crippen molar-refractivity contribution in [3.63, 3.8) is 0 Å². The Labute approximate surface area is 128 Å². The number of hydrogen-bond donors (Lipinski definition) is 3. The Morgan fingerprint density at radius 3 is 3.05 bits per heavy atom. The van der Waals surface area contributed by atoms with Gasteiger partial charge in [-0.25, -0.2) is 20.7 Å². The molecular weight excluding hydrogens is 310 g/mol. The van der Waals surface area contributed by atoms with E-state index < -0.39 is 22.9 Å². The maximum Gasteiger partial charge on any atom is 0.352 e. The highest BCUT2D eigenvalue weighted by atomic mass is 32.2. The number of carboxylic acids is 1. The van der Waals surface area contributed by atoms with Crippen molar-refractivity contribution in [2.75, 3.05) is 5.75 Å². The average molecular weight is 325 g/mol. The van der Waals surface area contributed by atoms with Crippen molar-refractivity contribution in [2.45, 2.75) is 18.3 Å². The summed E-state index contributed by atoms with van der Waals surface area (Å²) in [5.74, 6) is -0.742. The van der Waals surface area contributed by atoms with Gasteiger partial charge in [0.1, 0.15) is 11.7 Å². The molecular formula is C13H15N3O3S2. The van der Waals surface area contributed by atoms with E-state index in [9.17, 15) is 9.59 Å². The number of aryl methyl sites for hydroxylation is 1. The van der Waals surface area contributed by atoms with Crippen LogP contribution in [0, 0.1) is 6.92 Å². The number of aliphatic carboxylic acids is 1. The number of nitrogens with zero attached hydrogens (tertiary/aromatic N) is 2. The Hall–Kier alpha value is -1.64. The molecule has 3 rings (SSSR count). The van der Waals surface area contributed by atoms with Gasteiger partial charge in [-0.3, -0.25) is 9.69 Å². The third kappa shape index (κ3) is 2.29. The molecule has 3 atom stereocenters. The minimum atomic E-state index is -1.07. The quantitative estimate of drug-likeness (QED) is 0.567. The highest BCUT2D eigenvalue weighted by Gasteiger charge is 2.51. The number of β-lactam (4-membered cyclic amide) rings is 1. The maximum absolute atomic E-state index is 11.8. The summed E-state index contributed by atoms with van der Waals surface area (Å²) in [6, 6.07) is -0.591. The Morgan fingerprint density at radius 1 is 1.67 bits per heavy atom. The Bertz CT molecular complexity index is 667. The number of carbonyl (C=O) groups is 2. The highest BCUT2D eigenvalue weighted by Crippen LogP contribution is 2.48. The van der Waals surface area contributed by atoms with Crippen LogP contribution in [0.4, 0.5) is 0 Å². The SMILES string of the molecule is Cc1ncsc1/C=C\[SH]1CC=C(C(=O)O)N2C(=O)C(N)C21. The van der Waals surface area contributed by atoms with Gasteiger partial charge in [0.15, 0.2) is 0 Å². The van der Waals surface area contributed by atoms with Gasteiger partial charge in [0.2, 0.25) is 5.91 Å².